The molecule has 0 heterocycles. The predicted molar refractivity (Wildman–Crippen MR) is 24.5 cm³/mol. The molecule has 0 atom stereocenters. The van der Waals surface area contributed by atoms with Crippen molar-refractivity contribution in [3.05, 3.63) is 12.5 Å². The van der Waals surface area contributed by atoms with E-state index in [0.29, 0.717) is 0 Å². The molecule has 7 heavy (non-hydrogen) atoms. The van der Waals surface area contributed by atoms with E-state index in [1.165, 1.54) is 0 Å². The zero-order valence-electron chi connectivity index (χ0n) is 3.91. The van der Waals surface area contributed by atoms with Gasteiger partial charge in [0.05, 0.1) is 0 Å². The average molecular weight is 105 g/mol. The van der Waals surface area contributed by atoms with Crippen molar-refractivity contribution in [3.8, 4) is 0 Å². The molecule has 0 aliphatic rings. The molecule has 0 aliphatic carbocycles. The van der Waals surface area contributed by atoms with Crippen LogP contribution in [0.4, 0.5) is 8.78 Å². The fourth-order valence-electron chi connectivity index (χ4n) is 0.167. The molecular weight excluding hydrogens is 100 g/mol. The second-order valence-corrected chi connectivity index (χ2v) is 0.985. The van der Waals surface area contributed by atoms with E-state index in [9.17, 15) is 8.78 Å². The summed E-state index contributed by atoms with van der Waals surface area (Å²) in [6.07, 6.45) is 0. The summed E-state index contributed by atoms with van der Waals surface area (Å²) in [6.45, 7) is 3.75. The average Bonchev–Trinajstić information content (AvgIpc) is 1.27. The van der Waals surface area contributed by atoms with Gasteiger partial charge in [-0.3, -0.25) is 0 Å². The van der Waals surface area contributed by atoms with Crippen LogP contribution in [0.3, 0.4) is 0 Å². The SMILES string of the molecule is C=C(F)/N=C(\C)F. The standard InChI is InChI=1S/C4H5F2N/c1-3(5)7-4(2)6/h1H2,2H3/b7-4+. The Hall–Kier alpha value is -0.730. The Morgan fingerprint density at radius 3 is 2.00 bits per heavy atom. The molecular formula is C4H5F2N. The third-order valence-corrected chi connectivity index (χ3v) is 0.275. The molecule has 0 amide bonds. The topological polar surface area (TPSA) is 12.4 Å². The highest BCUT2D eigenvalue weighted by molar-refractivity contribution is 5.72. The summed E-state index contributed by atoms with van der Waals surface area (Å²) < 4.78 is 22.7. The number of rotatable bonds is 1. The molecule has 0 saturated carbocycles. The first-order valence-electron chi connectivity index (χ1n) is 1.68. The second-order valence-electron chi connectivity index (χ2n) is 0.985. The van der Waals surface area contributed by atoms with Gasteiger partial charge < -0.3 is 0 Å². The first kappa shape index (κ1) is 6.27. The maximum absolute atomic E-state index is 11.4. The van der Waals surface area contributed by atoms with Crippen molar-refractivity contribution in [2.24, 2.45) is 4.99 Å². The van der Waals surface area contributed by atoms with Gasteiger partial charge in [-0.15, -0.1) is 0 Å². The van der Waals surface area contributed by atoms with Gasteiger partial charge in [-0.25, -0.2) is 0 Å². The van der Waals surface area contributed by atoms with Gasteiger partial charge in [-0.1, -0.05) is 0 Å². The highest BCUT2D eigenvalue weighted by Gasteiger charge is 1.83. The number of aliphatic imine (C=N–C) groups is 1. The molecule has 1 nitrogen and oxygen atoms in total. The van der Waals surface area contributed by atoms with Gasteiger partial charge in [0.1, 0.15) is 0 Å². The van der Waals surface area contributed by atoms with Crippen LogP contribution in [0.5, 0.6) is 0 Å². The van der Waals surface area contributed by atoms with Gasteiger partial charge in [0.2, 0.25) is 5.95 Å². The lowest BCUT2D eigenvalue weighted by atomic mass is 10.8. The summed E-state index contributed by atoms with van der Waals surface area (Å²) in [6, 6.07) is 0. The summed E-state index contributed by atoms with van der Waals surface area (Å²) in [5, 5.41) is 0. The van der Waals surface area contributed by atoms with Crippen molar-refractivity contribution >= 4 is 5.97 Å². The molecule has 0 unspecified atom stereocenters. The normalized spacial score (nSPS) is 11.6. The van der Waals surface area contributed by atoms with Crippen LogP contribution in [0.2, 0.25) is 0 Å². The van der Waals surface area contributed by atoms with Gasteiger partial charge >= 0.3 is 0 Å². The first-order valence-corrected chi connectivity index (χ1v) is 1.68. The monoisotopic (exact) mass is 105 g/mol. The molecule has 0 rings (SSSR count). The largest absolute Gasteiger partial charge is 0.207 e. The van der Waals surface area contributed by atoms with Crippen LogP contribution < -0.4 is 0 Å². The minimum Gasteiger partial charge on any atom is -0.195 e. The summed E-state index contributed by atoms with van der Waals surface area (Å²) in [5.74, 6) is -1.81. The van der Waals surface area contributed by atoms with Gasteiger partial charge in [0.25, 0.3) is 0 Å². The summed E-state index contributed by atoms with van der Waals surface area (Å²) in [7, 11) is 0. The van der Waals surface area contributed by atoms with Crippen molar-refractivity contribution < 1.29 is 8.78 Å². The highest BCUT2D eigenvalue weighted by Crippen LogP contribution is 1.92. The summed E-state index contributed by atoms with van der Waals surface area (Å²) in [5.41, 5.74) is 0. The molecule has 0 aromatic rings. The number of halogens is 2. The lowest BCUT2D eigenvalue weighted by Gasteiger charge is -1.78. The molecule has 3 heteroatoms. The molecule has 40 valence electrons. The van der Waals surface area contributed by atoms with Crippen LogP contribution in [0.1, 0.15) is 6.92 Å². The van der Waals surface area contributed by atoms with Crippen LogP contribution in [-0.4, -0.2) is 5.97 Å². The molecule has 0 fully saturated rings. The number of nitrogens with zero attached hydrogens (tertiary/aromatic N) is 1. The van der Waals surface area contributed by atoms with E-state index < -0.39 is 11.9 Å². The first-order chi connectivity index (χ1) is 3.13. The van der Waals surface area contributed by atoms with Crippen molar-refractivity contribution in [1.29, 1.82) is 0 Å². The number of hydrogen-bond acceptors (Lipinski definition) is 1. The second kappa shape index (κ2) is 2.44. The third kappa shape index (κ3) is 5.27. The molecule has 0 bridgehead atoms. The maximum atomic E-state index is 11.4. The Kier molecular flexibility index (Phi) is 2.19. The van der Waals surface area contributed by atoms with E-state index >= 15 is 0 Å². The van der Waals surface area contributed by atoms with Crippen LogP contribution in [0.15, 0.2) is 17.5 Å². The van der Waals surface area contributed by atoms with Gasteiger partial charge in [0.15, 0.2) is 5.97 Å². The van der Waals surface area contributed by atoms with Gasteiger partial charge in [0, 0.05) is 6.92 Å². The lowest BCUT2D eigenvalue weighted by Crippen LogP contribution is -1.74. The minimum atomic E-state index is -1.00. The Bertz CT molecular complexity index is 102. The van der Waals surface area contributed by atoms with Crippen LogP contribution in [0.25, 0.3) is 0 Å². The Labute approximate surface area is 40.4 Å². The fourth-order valence-corrected chi connectivity index (χ4v) is 0.167. The van der Waals surface area contributed by atoms with Crippen LogP contribution >= 0.6 is 0 Å². The maximum Gasteiger partial charge on any atom is 0.207 e. The quantitative estimate of drug-likeness (QED) is 0.356. The number of hydrogen-bond donors (Lipinski definition) is 0. The zero-order valence-corrected chi connectivity index (χ0v) is 3.91. The van der Waals surface area contributed by atoms with Crippen molar-refractivity contribution in [2.45, 2.75) is 6.92 Å². The van der Waals surface area contributed by atoms with Gasteiger partial charge in [-0.2, -0.15) is 13.8 Å². The summed E-state index contributed by atoms with van der Waals surface area (Å²) in [4.78, 5) is 2.67. The molecule has 0 saturated heterocycles. The Morgan fingerprint density at radius 1 is 1.57 bits per heavy atom. The van der Waals surface area contributed by atoms with Crippen LogP contribution in [-0.2, 0) is 0 Å². The van der Waals surface area contributed by atoms with E-state index in [0.717, 1.165) is 6.92 Å². The molecule has 0 aromatic heterocycles. The van der Waals surface area contributed by atoms with Crippen molar-refractivity contribution in [3.63, 3.8) is 0 Å². The highest BCUT2D eigenvalue weighted by atomic mass is 19.1. The van der Waals surface area contributed by atoms with Crippen molar-refractivity contribution in [1.82, 2.24) is 0 Å². The molecule has 0 N–H and O–H groups in total. The molecule has 0 radical (unpaired) electrons. The molecule has 0 spiro atoms. The summed E-state index contributed by atoms with van der Waals surface area (Å²) >= 11 is 0. The predicted octanol–water partition coefficient (Wildman–Crippen LogP) is 1.81. The molecule has 0 aromatic carbocycles. The van der Waals surface area contributed by atoms with Crippen LogP contribution in [0, 0.1) is 0 Å². The lowest BCUT2D eigenvalue weighted by molar-refractivity contribution is 0.624. The fraction of sp³-hybridized carbons (Fsp3) is 0.250. The van der Waals surface area contributed by atoms with E-state index in [2.05, 4.69) is 11.6 Å². The van der Waals surface area contributed by atoms with E-state index in [1.54, 1.807) is 0 Å². The van der Waals surface area contributed by atoms with Gasteiger partial charge in [-0.05, 0) is 6.58 Å². The van der Waals surface area contributed by atoms with E-state index in [1.807, 2.05) is 0 Å². The van der Waals surface area contributed by atoms with E-state index in [-0.39, 0.29) is 0 Å². The third-order valence-electron chi connectivity index (χ3n) is 0.275. The van der Waals surface area contributed by atoms with Crippen molar-refractivity contribution in [2.75, 3.05) is 0 Å². The molecule has 0 aliphatic heterocycles. The minimum absolute atomic E-state index is 0.812. The van der Waals surface area contributed by atoms with E-state index in [4.69, 9.17) is 0 Å². The zero-order chi connectivity index (χ0) is 5.86. The Morgan fingerprint density at radius 2 is 2.00 bits per heavy atom. The Balaban J connectivity index is 3.68. The smallest absolute Gasteiger partial charge is 0.195 e.